The first-order valence-electron chi connectivity index (χ1n) is 19.9. The molecular weight excluding hydrogens is 707 g/mol. The maximum Gasteiger partial charge on any atom is 0.234 e. The predicted octanol–water partition coefficient (Wildman–Crippen LogP) is 4.50. The van der Waals surface area contributed by atoms with E-state index in [1.165, 1.54) is 0 Å². The van der Waals surface area contributed by atoms with Gasteiger partial charge in [-0.05, 0) is 73.6 Å². The molecular formula is C44H47N7O5. The summed E-state index contributed by atoms with van der Waals surface area (Å²) in [7, 11) is 0. The number of hydrogen-bond acceptors (Lipinski definition) is 9. The van der Waals surface area contributed by atoms with Crippen molar-refractivity contribution in [3.05, 3.63) is 102 Å². The van der Waals surface area contributed by atoms with E-state index in [9.17, 15) is 24.3 Å². The first kappa shape index (κ1) is 35.9. The summed E-state index contributed by atoms with van der Waals surface area (Å²) in [5.74, 6) is -0.152. The van der Waals surface area contributed by atoms with Gasteiger partial charge in [0.05, 0.1) is 28.9 Å². The molecule has 288 valence electrons. The van der Waals surface area contributed by atoms with Crippen molar-refractivity contribution in [2.24, 2.45) is 11.3 Å². The molecule has 12 heteroatoms. The van der Waals surface area contributed by atoms with Crippen molar-refractivity contribution in [2.45, 2.75) is 49.9 Å². The van der Waals surface area contributed by atoms with Crippen LogP contribution in [0, 0.1) is 11.3 Å². The standard InChI is InChI=1S/C44H47N7O5/c52-38-9-5-4-8-36(38)37-24-34(25-45-47-37)49-22-18-44(19-23-49,32-6-2-1-3-7-32)42(56)51-28-43(29-51)26-50(27-43)41(55)31-16-20-48(21-17-31)33-12-10-30(11-13-33)35-14-15-39(53)46-40(35)54/h1-13,24-25,31,35,52H,14-23,26-29H2,(H,46,53,54)/t35-/m1/s1. The highest BCUT2D eigenvalue weighted by Crippen LogP contribution is 2.46. The van der Waals surface area contributed by atoms with Crippen LogP contribution in [0.25, 0.3) is 11.3 Å². The zero-order valence-electron chi connectivity index (χ0n) is 31.5. The molecule has 4 aromatic rings. The molecule has 4 amide bonds. The third-order valence-corrected chi connectivity index (χ3v) is 13.0. The van der Waals surface area contributed by atoms with E-state index in [1.54, 1.807) is 18.3 Å². The van der Waals surface area contributed by atoms with Crippen LogP contribution in [0.3, 0.4) is 0 Å². The van der Waals surface area contributed by atoms with Gasteiger partial charge in [0.2, 0.25) is 23.6 Å². The number of likely N-dealkylation sites (tertiary alicyclic amines) is 2. The third-order valence-electron chi connectivity index (χ3n) is 13.0. The van der Waals surface area contributed by atoms with Gasteiger partial charge in [0.25, 0.3) is 0 Å². The monoisotopic (exact) mass is 753 g/mol. The number of nitrogens with one attached hydrogen (secondary N) is 1. The molecule has 5 fully saturated rings. The Kier molecular flexibility index (Phi) is 9.22. The first-order chi connectivity index (χ1) is 27.2. The van der Waals surface area contributed by atoms with Crippen molar-refractivity contribution in [1.29, 1.82) is 0 Å². The minimum Gasteiger partial charge on any atom is -0.507 e. The van der Waals surface area contributed by atoms with Crippen molar-refractivity contribution in [2.75, 3.05) is 62.2 Å². The number of carbonyl (C=O) groups is 4. The van der Waals surface area contributed by atoms with E-state index >= 15 is 0 Å². The number of piperidine rings is 3. The van der Waals surface area contributed by atoms with Crippen LogP contribution in [0.15, 0.2) is 91.1 Å². The molecule has 5 saturated heterocycles. The molecule has 0 radical (unpaired) electrons. The SMILES string of the molecule is O=C1CC[C@H](c2ccc(N3CCC(C(=O)N4CC5(C4)CN(C(=O)C4(c6ccccc6)CCN(c6cnnc(-c7ccccc7O)c6)CC4)C5)CC3)cc2)C(=O)N1. The number of para-hydroxylation sites is 1. The number of hydrogen-bond donors (Lipinski definition) is 2. The van der Waals surface area contributed by atoms with Crippen molar-refractivity contribution < 1.29 is 24.3 Å². The molecule has 5 aliphatic rings. The number of imide groups is 1. The lowest BCUT2D eigenvalue weighted by atomic mass is 9.67. The number of nitrogens with zero attached hydrogens (tertiary/aromatic N) is 6. The molecule has 1 spiro atoms. The minimum atomic E-state index is -0.626. The Hall–Kier alpha value is -5.78. The molecule has 0 unspecified atom stereocenters. The molecule has 5 aliphatic heterocycles. The van der Waals surface area contributed by atoms with Crippen molar-refractivity contribution in [1.82, 2.24) is 25.3 Å². The third kappa shape index (κ3) is 6.54. The van der Waals surface area contributed by atoms with E-state index < -0.39 is 5.41 Å². The Morgan fingerprint density at radius 2 is 1.41 bits per heavy atom. The number of rotatable bonds is 7. The van der Waals surface area contributed by atoms with E-state index in [2.05, 4.69) is 37.4 Å². The van der Waals surface area contributed by atoms with E-state index in [0.29, 0.717) is 76.2 Å². The van der Waals surface area contributed by atoms with Gasteiger partial charge in [-0.3, -0.25) is 24.5 Å². The van der Waals surface area contributed by atoms with Crippen LogP contribution < -0.4 is 15.1 Å². The Morgan fingerprint density at radius 1 is 0.750 bits per heavy atom. The van der Waals surface area contributed by atoms with Crippen LogP contribution in [0.4, 0.5) is 11.4 Å². The lowest BCUT2D eigenvalue weighted by molar-refractivity contribution is -0.175. The summed E-state index contributed by atoms with van der Waals surface area (Å²) < 4.78 is 0. The Morgan fingerprint density at radius 3 is 2.11 bits per heavy atom. The first-order valence-corrected chi connectivity index (χ1v) is 19.9. The van der Waals surface area contributed by atoms with E-state index in [4.69, 9.17) is 0 Å². The van der Waals surface area contributed by atoms with Gasteiger partial charge in [-0.25, -0.2) is 0 Å². The van der Waals surface area contributed by atoms with E-state index in [0.717, 1.165) is 48.4 Å². The topological polar surface area (TPSA) is 139 Å². The molecule has 56 heavy (non-hydrogen) atoms. The fourth-order valence-electron chi connectivity index (χ4n) is 9.78. The van der Waals surface area contributed by atoms with Crippen LogP contribution in [0.5, 0.6) is 5.75 Å². The number of carbonyl (C=O) groups excluding carboxylic acids is 4. The van der Waals surface area contributed by atoms with E-state index in [1.807, 2.05) is 70.5 Å². The Labute approximate surface area is 326 Å². The number of phenols is 1. The van der Waals surface area contributed by atoms with Crippen molar-refractivity contribution in [3.63, 3.8) is 0 Å². The number of phenolic OH excluding ortho intramolecular Hbond substituents is 1. The van der Waals surface area contributed by atoms with Crippen LogP contribution in [-0.4, -0.2) is 101 Å². The summed E-state index contributed by atoms with van der Waals surface area (Å²) in [6.45, 7) is 5.73. The summed E-state index contributed by atoms with van der Waals surface area (Å²) in [6.07, 6.45) is 5.57. The Bertz CT molecular complexity index is 2130. The van der Waals surface area contributed by atoms with Gasteiger partial charge in [0.1, 0.15) is 5.75 Å². The molecule has 9 rings (SSSR count). The number of amides is 4. The summed E-state index contributed by atoms with van der Waals surface area (Å²) >= 11 is 0. The second-order valence-electron chi connectivity index (χ2n) is 16.5. The van der Waals surface area contributed by atoms with Gasteiger partial charge in [-0.2, -0.15) is 10.2 Å². The lowest BCUT2D eigenvalue weighted by Gasteiger charge is -2.62. The van der Waals surface area contributed by atoms with Crippen LogP contribution in [0.2, 0.25) is 0 Å². The highest BCUT2D eigenvalue weighted by atomic mass is 16.3. The van der Waals surface area contributed by atoms with E-state index in [-0.39, 0.29) is 46.6 Å². The average Bonchev–Trinajstić information content (AvgIpc) is 3.20. The fraction of sp³-hybridized carbons (Fsp3) is 0.409. The summed E-state index contributed by atoms with van der Waals surface area (Å²) in [5, 5.41) is 21.4. The Balaban J connectivity index is 0.783. The summed E-state index contributed by atoms with van der Waals surface area (Å²) in [5.41, 5.74) is 4.57. The molecule has 3 aromatic carbocycles. The highest BCUT2D eigenvalue weighted by molar-refractivity contribution is 6.01. The summed E-state index contributed by atoms with van der Waals surface area (Å²) in [4.78, 5) is 60.6. The van der Waals surface area contributed by atoms with Crippen molar-refractivity contribution >= 4 is 35.0 Å². The smallest absolute Gasteiger partial charge is 0.234 e. The maximum absolute atomic E-state index is 14.5. The zero-order valence-corrected chi connectivity index (χ0v) is 31.5. The molecule has 6 heterocycles. The largest absolute Gasteiger partial charge is 0.507 e. The number of benzene rings is 3. The number of aromatic hydroxyl groups is 1. The van der Waals surface area contributed by atoms with Gasteiger partial charge in [0.15, 0.2) is 0 Å². The lowest BCUT2D eigenvalue weighted by Crippen LogP contribution is -2.75. The minimum absolute atomic E-state index is 0.000694. The molecule has 0 aliphatic carbocycles. The van der Waals surface area contributed by atoms with Crippen LogP contribution in [0.1, 0.15) is 55.6 Å². The predicted molar refractivity (Wildman–Crippen MR) is 211 cm³/mol. The molecule has 12 nitrogen and oxygen atoms in total. The normalized spacial score (nSPS) is 22.0. The fourth-order valence-corrected chi connectivity index (χ4v) is 9.78. The van der Waals surface area contributed by atoms with Crippen LogP contribution in [-0.2, 0) is 24.6 Å². The number of aromatic nitrogens is 2. The molecule has 0 saturated carbocycles. The second-order valence-corrected chi connectivity index (χ2v) is 16.5. The maximum atomic E-state index is 14.5. The van der Waals surface area contributed by atoms with Gasteiger partial charge in [-0.1, -0.05) is 54.6 Å². The highest BCUT2D eigenvalue weighted by Gasteiger charge is 2.58. The van der Waals surface area contributed by atoms with Crippen LogP contribution >= 0.6 is 0 Å². The second kappa shape index (κ2) is 14.4. The number of anilines is 2. The molecule has 0 bridgehead atoms. The van der Waals surface area contributed by atoms with Gasteiger partial charge in [0, 0.05) is 81.4 Å². The van der Waals surface area contributed by atoms with Gasteiger partial charge in [-0.15, -0.1) is 0 Å². The van der Waals surface area contributed by atoms with Crippen molar-refractivity contribution in [3.8, 4) is 17.0 Å². The molecule has 1 atom stereocenters. The molecule has 1 aromatic heterocycles. The van der Waals surface area contributed by atoms with Gasteiger partial charge < -0.3 is 24.7 Å². The summed E-state index contributed by atoms with van der Waals surface area (Å²) in [6, 6.07) is 27.3. The van der Waals surface area contributed by atoms with Gasteiger partial charge >= 0.3 is 0 Å². The zero-order chi connectivity index (χ0) is 38.4. The average molecular weight is 754 g/mol. The quantitative estimate of drug-likeness (QED) is 0.262. The molecule has 2 N–H and O–H groups in total.